The topological polar surface area (TPSA) is 95.5 Å². The van der Waals surface area contributed by atoms with E-state index in [4.69, 9.17) is 0 Å². The monoisotopic (exact) mass is 396 g/mol. The Morgan fingerprint density at radius 2 is 1.35 bits per heavy atom. The zero-order valence-corrected chi connectivity index (χ0v) is 18.2. The Balaban J connectivity index is 0. The van der Waals surface area contributed by atoms with Crippen molar-refractivity contribution in [3.63, 3.8) is 0 Å². The van der Waals surface area contributed by atoms with Crippen LogP contribution in [0.1, 0.15) is 84.5 Å². The first-order valence-electron chi connectivity index (χ1n) is 9.73. The average Bonchev–Trinajstić information content (AvgIpc) is 2.52. The number of hydrogen-bond acceptors (Lipinski definition) is 5. The van der Waals surface area contributed by atoms with Crippen LogP contribution in [-0.2, 0) is 19.4 Å². The predicted molar refractivity (Wildman–Crippen MR) is 104 cm³/mol. The molecule has 0 aliphatic rings. The number of amides is 1. The molecule has 1 N–H and O–H groups in total. The summed E-state index contributed by atoms with van der Waals surface area (Å²) in [5, 5.41) is 0. The molecule has 0 saturated carbocycles. The number of nitrogens with zero attached hydrogens (tertiary/aromatic N) is 1. The highest BCUT2D eigenvalue weighted by Gasteiger charge is 2.16. The number of carbonyl (C=O) groups is 1. The van der Waals surface area contributed by atoms with Crippen molar-refractivity contribution in [2.45, 2.75) is 84.5 Å². The maximum atomic E-state index is 11.8. The van der Waals surface area contributed by atoms with Gasteiger partial charge in [-0.2, -0.15) is 0 Å². The quantitative estimate of drug-likeness (QED) is 0.159. The van der Waals surface area contributed by atoms with Crippen LogP contribution in [0.2, 0.25) is 0 Å². The Bertz CT molecular complexity index is 439. The van der Waals surface area contributed by atoms with Crippen molar-refractivity contribution in [1.29, 1.82) is 0 Å². The maximum Gasteiger partial charge on any atom is 0.264 e. The molecule has 7 nitrogen and oxygen atoms in total. The fraction of sp³-hybridized carbons (Fsp3) is 0.944. The van der Waals surface area contributed by atoms with Crippen LogP contribution < -0.4 is 5.43 Å². The lowest BCUT2D eigenvalue weighted by Gasteiger charge is -2.28. The molecule has 0 aliphatic carbocycles. The molecule has 0 rings (SSSR count). The number of rotatable bonds is 14. The van der Waals surface area contributed by atoms with Gasteiger partial charge in [0.15, 0.2) is 0 Å². The molecule has 0 radical (unpaired) electrons. The lowest BCUT2D eigenvalue weighted by atomic mass is 10.1. The van der Waals surface area contributed by atoms with Crippen LogP contribution in [0.4, 0.5) is 0 Å². The van der Waals surface area contributed by atoms with E-state index in [-0.39, 0.29) is 5.91 Å². The number of hydrogen-bond donors (Lipinski definition) is 1. The Morgan fingerprint density at radius 1 is 0.923 bits per heavy atom. The van der Waals surface area contributed by atoms with Gasteiger partial charge in [0.05, 0.1) is 21.2 Å². The average molecular weight is 397 g/mol. The summed E-state index contributed by atoms with van der Waals surface area (Å²) in [6, 6.07) is 0. The van der Waals surface area contributed by atoms with Crippen LogP contribution in [0.25, 0.3) is 0 Å². The van der Waals surface area contributed by atoms with E-state index in [1.807, 2.05) is 0 Å². The standard InChI is InChI=1S/C17H36N2O.CH4O4S/c1-5-7-8-9-10-11-12-13-14-15-17(20)18-19(3,4)16-6-2;1-5-6(2,3)4/h5-16H2,1-4H3;1H3,(H,2,3,4). The SMILES string of the molecule is CCCCCCCCCCCC(=O)N[N+](C)(C)CCC.COS(=O)(=O)[O-]. The summed E-state index contributed by atoms with van der Waals surface area (Å²) in [6.45, 7) is 5.39. The fourth-order valence-corrected chi connectivity index (χ4v) is 2.60. The number of carbonyl (C=O) groups excluding carboxylic acids is 1. The molecule has 0 saturated heterocycles. The van der Waals surface area contributed by atoms with E-state index in [2.05, 4.69) is 37.6 Å². The van der Waals surface area contributed by atoms with Gasteiger partial charge >= 0.3 is 0 Å². The van der Waals surface area contributed by atoms with Gasteiger partial charge in [0, 0.05) is 6.42 Å². The second-order valence-electron chi connectivity index (χ2n) is 7.10. The van der Waals surface area contributed by atoms with Gasteiger partial charge in [-0.15, -0.1) is 0 Å². The minimum Gasteiger partial charge on any atom is -0.726 e. The minimum absolute atomic E-state index is 0.200. The van der Waals surface area contributed by atoms with E-state index in [9.17, 15) is 17.8 Å². The molecule has 0 unspecified atom stereocenters. The molecular formula is C18H40N2O5S. The third kappa shape index (κ3) is 23.3. The van der Waals surface area contributed by atoms with Gasteiger partial charge < -0.3 is 4.55 Å². The van der Waals surface area contributed by atoms with Gasteiger partial charge in [0.1, 0.15) is 6.54 Å². The van der Waals surface area contributed by atoms with Gasteiger partial charge in [-0.05, 0) is 12.8 Å². The highest BCUT2D eigenvalue weighted by Crippen LogP contribution is 2.10. The molecule has 158 valence electrons. The molecule has 0 aliphatic heterocycles. The second-order valence-corrected chi connectivity index (χ2v) is 8.25. The molecule has 8 heteroatoms. The Labute approximate surface area is 161 Å². The molecule has 0 fully saturated rings. The van der Waals surface area contributed by atoms with Crippen molar-refractivity contribution in [1.82, 2.24) is 5.43 Å². The number of quaternary nitrogens is 1. The van der Waals surface area contributed by atoms with E-state index in [0.717, 1.165) is 26.5 Å². The Kier molecular flexibility index (Phi) is 17.4. The first kappa shape index (κ1) is 27.5. The largest absolute Gasteiger partial charge is 0.726 e. The molecule has 0 spiro atoms. The molecule has 0 atom stereocenters. The highest BCUT2D eigenvalue weighted by atomic mass is 32.3. The van der Waals surface area contributed by atoms with Gasteiger partial charge in [-0.1, -0.05) is 65.2 Å². The van der Waals surface area contributed by atoms with Crippen molar-refractivity contribution in [2.24, 2.45) is 0 Å². The third-order valence-electron chi connectivity index (χ3n) is 3.92. The maximum absolute atomic E-state index is 11.8. The summed E-state index contributed by atoms with van der Waals surface area (Å²) < 4.78 is 31.6. The van der Waals surface area contributed by atoms with Gasteiger partial charge in [-0.3, -0.25) is 8.98 Å². The lowest BCUT2D eigenvalue weighted by Crippen LogP contribution is -2.54. The summed E-state index contributed by atoms with van der Waals surface area (Å²) in [7, 11) is 0.502. The molecule has 0 aromatic rings. The number of nitrogens with one attached hydrogen (secondary N) is 1. The molecule has 26 heavy (non-hydrogen) atoms. The third-order valence-corrected chi connectivity index (χ3v) is 4.33. The van der Waals surface area contributed by atoms with E-state index < -0.39 is 10.4 Å². The zero-order chi connectivity index (χ0) is 20.5. The van der Waals surface area contributed by atoms with Crippen molar-refractivity contribution in [3.05, 3.63) is 0 Å². The van der Waals surface area contributed by atoms with Crippen LogP contribution >= 0.6 is 0 Å². The predicted octanol–water partition coefficient (Wildman–Crippen LogP) is 3.52. The van der Waals surface area contributed by atoms with Crippen molar-refractivity contribution >= 4 is 16.3 Å². The molecule has 1 amide bonds. The molecule has 0 aromatic heterocycles. The van der Waals surface area contributed by atoms with Gasteiger partial charge in [0.2, 0.25) is 10.4 Å². The molecule has 0 bridgehead atoms. The van der Waals surface area contributed by atoms with Crippen molar-refractivity contribution in [3.8, 4) is 0 Å². The lowest BCUT2D eigenvalue weighted by molar-refractivity contribution is -0.925. The molecular weight excluding hydrogens is 356 g/mol. The van der Waals surface area contributed by atoms with Crippen LogP contribution in [0.15, 0.2) is 0 Å². The minimum atomic E-state index is -4.41. The Hall–Kier alpha value is -0.700. The van der Waals surface area contributed by atoms with E-state index in [1.165, 1.54) is 51.4 Å². The second kappa shape index (κ2) is 16.5. The van der Waals surface area contributed by atoms with Crippen LogP contribution in [0.3, 0.4) is 0 Å². The van der Waals surface area contributed by atoms with Crippen LogP contribution in [0, 0.1) is 0 Å². The van der Waals surface area contributed by atoms with Crippen molar-refractivity contribution in [2.75, 3.05) is 27.7 Å². The smallest absolute Gasteiger partial charge is 0.264 e. The van der Waals surface area contributed by atoms with Crippen LogP contribution in [0.5, 0.6) is 0 Å². The molecule has 0 heterocycles. The summed E-state index contributed by atoms with van der Waals surface area (Å²) in [6.07, 6.45) is 13.5. The van der Waals surface area contributed by atoms with Crippen LogP contribution in [-0.4, -0.2) is 51.2 Å². The summed E-state index contributed by atoms with van der Waals surface area (Å²) in [5.74, 6) is 0.200. The first-order valence-corrected chi connectivity index (χ1v) is 11.1. The normalized spacial score (nSPS) is 11.6. The summed E-state index contributed by atoms with van der Waals surface area (Å²) in [5.41, 5.74) is 3.08. The van der Waals surface area contributed by atoms with Gasteiger partial charge in [-0.25, -0.2) is 18.4 Å². The zero-order valence-electron chi connectivity index (χ0n) is 17.4. The fourth-order valence-electron chi connectivity index (χ4n) is 2.60. The van der Waals surface area contributed by atoms with Gasteiger partial charge in [0.25, 0.3) is 5.91 Å². The first-order chi connectivity index (χ1) is 12.1. The molecule has 0 aromatic carbocycles. The Morgan fingerprint density at radius 3 is 1.73 bits per heavy atom. The van der Waals surface area contributed by atoms with Crippen molar-refractivity contribution < 1.29 is 26.5 Å². The number of unbranched alkanes of at least 4 members (excludes halogenated alkanes) is 8. The van der Waals surface area contributed by atoms with E-state index in [1.54, 1.807) is 0 Å². The highest BCUT2D eigenvalue weighted by molar-refractivity contribution is 7.80. The summed E-state index contributed by atoms with van der Waals surface area (Å²) in [4.78, 5) is 11.8. The van der Waals surface area contributed by atoms with E-state index in [0.29, 0.717) is 11.0 Å². The van der Waals surface area contributed by atoms with E-state index >= 15 is 0 Å². The summed E-state index contributed by atoms with van der Waals surface area (Å²) >= 11 is 0.